The largest absolute Gasteiger partial charge is 0.470 e. The lowest BCUT2D eigenvalue weighted by molar-refractivity contribution is -0.157. The molecule has 38 heavy (non-hydrogen) atoms. The minimum absolute atomic E-state index is 0.0190. The van der Waals surface area contributed by atoms with Crippen LogP contribution in [-0.2, 0) is 24.6 Å². The Morgan fingerprint density at radius 3 is 2.45 bits per heavy atom. The highest BCUT2D eigenvalue weighted by molar-refractivity contribution is 5.81. The van der Waals surface area contributed by atoms with E-state index in [-0.39, 0.29) is 23.9 Å². The number of hydrogen-bond donors (Lipinski definition) is 1. The molecule has 15 heteroatoms. The summed E-state index contributed by atoms with van der Waals surface area (Å²) in [5.41, 5.74) is 1.27. The van der Waals surface area contributed by atoms with Crippen LogP contribution in [0, 0.1) is 5.82 Å². The van der Waals surface area contributed by atoms with Crippen molar-refractivity contribution >= 4 is 22.6 Å². The van der Waals surface area contributed by atoms with E-state index in [2.05, 4.69) is 19.6 Å². The Balaban J connectivity index is 1.39. The summed E-state index contributed by atoms with van der Waals surface area (Å²) in [5.74, 6) is -2.75. The molecule has 0 saturated carbocycles. The molecule has 0 aliphatic carbocycles. The second-order valence-corrected chi connectivity index (χ2v) is 8.69. The number of carbonyl (C=O) groups is 1. The van der Waals surface area contributed by atoms with Crippen LogP contribution < -0.4 is 10.6 Å². The van der Waals surface area contributed by atoms with Gasteiger partial charge in [-0.3, -0.25) is 18.9 Å². The number of nitrogens with zero attached hydrogens (tertiary/aromatic N) is 7. The van der Waals surface area contributed by atoms with Crippen molar-refractivity contribution < 1.29 is 31.9 Å². The van der Waals surface area contributed by atoms with Crippen molar-refractivity contribution in [1.29, 1.82) is 0 Å². The van der Waals surface area contributed by atoms with E-state index >= 15 is 4.39 Å². The molecule has 4 aromatic rings. The molecule has 200 valence electrons. The number of rotatable bonds is 5. The molecular formula is C23H21F4N7O4. The molecule has 0 unspecified atom stereocenters. The number of aliphatic hydroxyl groups excluding tert-OH is 1. The Labute approximate surface area is 211 Å². The average molecular weight is 535 g/mol. The van der Waals surface area contributed by atoms with Crippen LogP contribution in [0.25, 0.3) is 22.5 Å². The van der Waals surface area contributed by atoms with E-state index in [1.807, 2.05) is 0 Å². The zero-order chi connectivity index (χ0) is 27.2. The van der Waals surface area contributed by atoms with Crippen LogP contribution in [0.15, 0.2) is 39.7 Å². The molecule has 1 aromatic carbocycles. The molecule has 0 bridgehead atoms. The molecule has 1 aliphatic rings. The lowest BCUT2D eigenvalue weighted by Gasteiger charge is -2.36. The van der Waals surface area contributed by atoms with Crippen LogP contribution in [0.1, 0.15) is 11.6 Å². The molecule has 1 fully saturated rings. The van der Waals surface area contributed by atoms with Gasteiger partial charge in [-0.2, -0.15) is 13.2 Å². The number of aliphatic hydroxyl groups is 1. The Kier molecular flexibility index (Phi) is 6.38. The number of carbonyl (C=O) groups excluding carboxylic acids is 1. The summed E-state index contributed by atoms with van der Waals surface area (Å²) in [5, 5.41) is 15.4. The van der Waals surface area contributed by atoms with Crippen molar-refractivity contribution in [1.82, 2.24) is 29.2 Å². The Bertz CT molecular complexity index is 1550. The van der Waals surface area contributed by atoms with E-state index in [1.165, 1.54) is 38.4 Å². The van der Waals surface area contributed by atoms with Crippen molar-refractivity contribution in [3.63, 3.8) is 0 Å². The van der Waals surface area contributed by atoms with Gasteiger partial charge in [-0.25, -0.2) is 9.18 Å². The van der Waals surface area contributed by atoms with Crippen molar-refractivity contribution in [2.45, 2.75) is 12.7 Å². The number of piperazine rings is 1. The summed E-state index contributed by atoms with van der Waals surface area (Å²) in [6.45, 7) is 0.796. The van der Waals surface area contributed by atoms with Gasteiger partial charge in [0.2, 0.25) is 11.8 Å². The summed E-state index contributed by atoms with van der Waals surface area (Å²) in [6.07, 6.45) is -3.52. The van der Waals surface area contributed by atoms with Gasteiger partial charge in [0.15, 0.2) is 0 Å². The van der Waals surface area contributed by atoms with Crippen LogP contribution in [0.4, 0.5) is 23.2 Å². The van der Waals surface area contributed by atoms with E-state index < -0.39 is 30.2 Å². The molecule has 11 nitrogen and oxygen atoms in total. The minimum atomic E-state index is -4.77. The third kappa shape index (κ3) is 4.60. The second kappa shape index (κ2) is 9.55. The van der Waals surface area contributed by atoms with Gasteiger partial charge >= 0.3 is 17.8 Å². The van der Waals surface area contributed by atoms with Gasteiger partial charge < -0.3 is 19.3 Å². The molecule has 1 aliphatic heterocycles. The number of alkyl halides is 3. The van der Waals surface area contributed by atoms with E-state index in [9.17, 15) is 22.8 Å². The van der Waals surface area contributed by atoms with E-state index in [1.54, 1.807) is 18.0 Å². The number of aryl methyl sites for hydroxylation is 1. The summed E-state index contributed by atoms with van der Waals surface area (Å²) in [6, 6.07) is 5.78. The topological polar surface area (TPSA) is 123 Å². The van der Waals surface area contributed by atoms with Crippen molar-refractivity contribution in [2.24, 2.45) is 7.05 Å². The highest BCUT2D eigenvalue weighted by Crippen LogP contribution is 2.30. The SMILES string of the molecule is Cn1c(=O)n(Cc2ccc(-c3nnc(C(F)(F)F)o3)cn2)c2cc(F)c(N3CCN(C(=O)CO)CC3)cc21. The fraction of sp³-hybridized carbons (Fsp3) is 0.348. The summed E-state index contributed by atoms with van der Waals surface area (Å²) in [4.78, 5) is 32.2. The third-order valence-corrected chi connectivity index (χ3v) is 6.38. The van der Waals surface area contributed by atoms with Crippen LogP contribution in [0.2, 0.25) is 0 Å². The van der Waals surface area contributed by atoms with Crippen molar-refractivity contribution in [3.05, 3.63) is 58.3 Å². The Morgan fingerprint density at radius 1 is 1.11 bits per heavy atom. The number of fused-ring (bicyclic) bond motifs is 1. The average Bonchev–Trinajstić information content (AvgIpc) is 3.49. The monoisotopic (exact) mass is 535 g/mol. The number of hydrogen-bond acceptors (Lipinski definition) is 8. The van der Waals surface area contributed by atoms with Crippen molar-refractivity contribution in [3.8, 4) is 11.5 Å². The first-order valence-corrected chi connectivity index (χ1v) is 11.4. The van der Waals surface area contributed by atoms with E-state index in [4.69, 9.17) is 5.11 Å². The first-order valence-electron chi connectivity index (χ1n) is 11.4. The summed E-state index contributed by atoms with van der Waals surface area (Å²) in [7, 11) is 1.56. The maximum Gasteiger partial charge on any atom is 0.470 e. The molecule has 1 amide bonds. The second-order valence-electron chi connectivity index (χ2n) is 8.69. The number of amides is 1. The minimum Gasteiger partial charge on any atom is -0.413 e. The van der Waals surface area contributed by atoms with Crippen molar-refractivity contribution in [2.75, 3.05) is 37.7 Å². The maximum atomic E-state index is 15.2. The molecule has 1 N–H and O–H groups in total. The number of aromatic nitrogens is 5. The van der Waals surface area contributed by atoms with Crippen LogP contribution in [0.5, 0.6) is 0 Å². The number of benzene rings is 1. The Hall–Kier alpha value is -4.27. The van der Waals surface area contributed by atoms with Gasteiger partial charge in [0, 0.05) is 45.5 Å². The Morgan fingerprint density at radius 2 is 1.84 bits per heavy atom. The fourth-order valence-corrected chi connectivity index (χ4v) is 4.37. The van der Waals surface area contributed by atoms with Gasteiger partial charge in [0.05, 0.1) is 34.5 Å². The number of pyridine rings is 1. The molecule has 4 heterocycles. The highest BCUT2D eigenvalue weighted by atomic mass is 19.4. The van der Waals surface area contributed by atoms with Gasteiger partial charge in [-0.1, -0.05) is 0 Å². The van der Waals surface area contributed by atoms with Gasteiger partial charge in [0.1, 0.15) is 12.4 Å². The quantitative estimate of drug-likeness (QED) is 0.383. The van der Waals surface area contributed by atoms with Crippen LogP contribution in [-0.4, -0.2) is 73.0 Å². The smallest absolute Gasteiger partial charge is 0.413 e. The standard InChI is InChI=1S/C23H21F4N7O4/c1-31-17-9-16(32-4-6-33(7-5-32)19(36)12-35)15(24)8-18(17)34(22(31)37)11-14-3-2-13(10-28-14)20-29-30-21(38-20)23(25,26)27/h2-3,8-10,35H,4-7,11-12H2,1H3. The van der Waals surface area contributed by atoms with Gasteiger partial charge in [-0.05, 0) is 18.2 Å². The third-order valence-electron chi connectivity index (χ3n) is 6.38. The van der Waals surface area contributed by atoms with Gasteiger partial charge in [0.25, 0.3) is 0 Å². The fourth-order valence-electron chi connectivity index (χ4n) is 4.37. The molecule has 1 saturated heterocycles. The molecule has 3 aromatic heterocycles. The molecule has 0 atom stereocenters. The van der Waals surface area contributed by atoms with Gasteiger partial charge in [-0.15, -0.1) is 10.2 Å². The number of imidazole rings is 1. The molecular weight excluding hydrogens is 514 g/mol. The predicted molar refractivity (Wildman–Crippen MR) is 125 cm³/mol. The molecule has 0 spiro atoms. The van der Waals surface area contributed by atoms with Crippen LogP contribution >= 0.6 is 0 Å². The lowest BCUT2D eigenvalue weighted by atomic mass is 10.2. The lowest BCUT2D eigenvalue weighted by Crippen LogP contribution is -2.49. The van der Waals surface area contributed by atoms with E-state index in [0.29, 0.717) is 48.6 Å². The first kappa shape index (κ1) is 25.4. The zero-order valence-electron chi connectivity index (χ0n) is 19.9. The number of anilines is 1. The molecule has 5 rings (SSSR count). The predicted octanol–water partition coefficient (Wildman–Crippen LogP) is 1.63. The maximum absolute atomic E-state index is 15.2. The van der Waals surface area contributed by atoms with E-state index in [0.717, 1.165) is 0 Å². The normalized spacial score (nSPS) is 14.5. The summed E-state index contributed by atoms with van der Waals surface area (Å²) >= 11 is 0. The number of halogens is 4. The zero-order valence-corrected chi connectivity index (χ0v) is 19.9. The van der Waals surface area contributed by atoms with Crippen LogP contribution in [0.3, 0.4) is 0 Å². The molecule has 0 radical (unpaired) electrons. The highest BCUT2D eigenvalue weighted by Gasteiger charge is 2.38. The first-order chi connectivity index (χ1) is 18.1. The summed E-state index contributed by atoms with van der Waals surface area (Å²) < 4.78 is 60.7.